The minimum Gasteiger partial charge on any atom is -0.324 e. The lowest BCUT2D eigenvalue weighted by molar-refractivity contribution is 0.498. The van der Waals surface area contributed by atoms with E-state index in [1.165, 1.54) is 28.7 Å². The fourth-order valence-electron chi connectivity index (χ4n) is 3.25. The first-order valence-corrected chi connectivity index (χ1v) is 7.89. The standard InChI is InChI=1S/C20H25N/c1-20(2,3)17-10-8-14(9-11-17)19(21)13-16-12-15-6-4-5-7-18(15)16/h4-11,16,19H,12-13,21H2,1-3H3. The van der Waals surface area contributed by atoms with Gasteiger partial charge in [0.1, 0.15) is 0 Å². The molecule has 0 aliphatic heterocycles. The Morgan fingerprint density at radius 3 is 2.33 bits per heavy atom. The van der Waals surface area contributed by atoms with Gasteiger partial charge in [-0.1, -0.05) is 69.3 Å². The predicted octanol–water partition coefficient (Wildman–Crippen LogP) is 4.71. The molecule has 1 aliphatic rings. The van der Waals surface area contributed by atoms with Crippen LogP contribution in [0.4, 0.5) is 0 Å². The van der Waals surface area contributed by atoms with Gasteiger partial charge >= 0.3 is 0 Å². The summed E-state index contributed by atoms with van der Waals surface area (Å²) in [6.07, 6.45) is 2.23. The monoisotopic (exact) mass is 279 g/mol. The summed E-state index contributed by atoms with van der Waals surface area (Å²) in [5.41, 5.74) is 12.2. The van der Waals surface area contributed by atoms with Gasteiger partial charge in [0.15, 0.2) is 0 Å². The molecule has 2 N–H and O–H groups in total. The third-order valence-electron chi connectivity index (χ3n) is 4.70. The van der Waals surface area contributed by atoms with Crippen molar-refractivity contribution >= 4 is 0 Å². The molecular formula is C20H25N. The molecule has 0 spiro atoms. The van der Waals surface area contributed by atoms with Gasteiger partial charge in [-0.15, -0.1) is 0 Å². The Hall–Kier alpha value is -1.60. The van der Waals surface area contributed by atoms with Crippen LogP contribution >= 0.6 is 0 Å². The molecule has 0 saturated heterocycles. The normalized spacial score (nSPS) is 18.8. The van der Waals surface area contributed by atoms with Crippen molar-refractivity contribution in [2.45, 2.75) is 51.0 Å². The van der Waals surface area contributed by atoms with Gasteiger partial charge in [0.05, 0.1) is 0 Å². The molecule has 0 bridgehead atoms. The van der Waals surface area contributed by atoms with Crippen LogP contribution in [0.2, 0.25) is 0 Å². The van der Waals surface area contributed by atoms with Crippen molar-refractivity contribution in [3.8, 4) is 0 Å². The van der Waals surface area contributed by atoms with Crippen molar-refractivity contribution in [3.05, 3.63) is 70.8 Å². The molecule has 2 unspecified atom stereocenters. The van der Waals surface area contributed by atoms with E-state index in [0.717, 1.165) is 6.42 Å². The van der Waals surface area contributed by atoms with E-state index in [1.54, 1.807) is 0 Å². The maximum atomic E-state index is 6.42. The highest BCUT2D eigenvalue weighted by Crippen LogP contribution is 2.40. The Bertz CT molecular complexity index is 619. The van der Waals surface area contributed by atoms with E-state index in [0.29, 0.717) is 5.92 Å². The second kappa shape index (κ2) is 5.31. The summed E-state index contributed by atoms with van der Waals surface area (Å²) in [4.78, 5) is 0. The van der Waals surface area contributed by atoms with E-state index < -0.39 is 0 Å². The van der Waals surface area contributed by atoms with Gasteiger partial charge in [0, 0.05) is 6.04 Å². The van der Waals surface area contributed by atoms with E-state index in [1.807, 2.05) is 0 Å². The molecule has 21 heavy (non-hydrogen) atoms. The average molecular weight is 279 g/mol. The lowest BCUT2D eigenvalue weighted by Crippen LogP contribution is -2.22. The molecule has 1 nitrogen and oxygen atoms in total. The van der Waals surface area contributed by atoms with E-state index >= 15 is 0 Å². The topological polar surface area (TPSA) is 26.0 Å². The molecule has 3 rings (SSSR count). The summed E-state index contributed by atoms with van der Waals surface area (Å²) >= 11 is 0. The van der Waals surface area contributed by atoms with E-state index in [9.17, 15) is 0 Å². The first kappa shape index (κ1) is 14.3. The van der Waals surface area contributed by atoms with Gasteiger partial charge in [-0.2, -0.15) is 0 Å². The Labute approximate surface area is 128 Å². The third-order valence-corrected chi connectivity index (χ3v) is 4.70. The fourth-order valence-corrected chi connectivity index (χ4v) is 3.25. The summed E-state index contributed by atoms with van der Waals surface area (Å²) in [5, 5.41) is 0. The summed E-state index contributed by atoms with van der Waals surface area (Å²) in [7, 11) is 0. The van der Waals surface area contributed by atoms with Crippen molar-refractivity contribution < 1.29 is 0 Å². The summed E-state index contributed by atoms with van der Waals surface area (Å²) < 4.78 is 0. The lowest BCUT2D eigenvalue weighted by atomic mass is 9.74. The first-order valence-electron chi connectivity index (χ1n) is 7.89. The van der Waals surface area contributed by atoms with Crippen molar-refractivity contribution in [2.75, 3.05) is 0 Å². The van der Waals surface area contributed by atoms with Crippen molar-refractivity contribution in [3.63, 3.8) is 0 Å². The Morgan fingerprint density at radius 2 is 1.71 bits per heavy atom. The zero-order chi connectivity index (χ0) is 15.0. The maximum absolute atomic E-state index is 6.42. The van der Waals surface area contributed by atoms with Crippen LogP contribution in [0.1, 0.15) is 61.4 Å². The maximum Gasteiger partial charge on any atom is 0.0300 e. The van der Waals surface area contributed by atoms with E-state index in [-0.39, 0.29) is 11.5 Å². The average Bonchev–Trinajstić information content (AvgIpc) is 2.44. The zero-order valence-corrected chi connectivity index (χ0v) is 13.3. The first-order chi connectivity index (χ1) is 9.95. The van der Waals surface area contributed by atoms with Crippen LogP contribution in [0.5, 0.6) is 0 Å². The number of hydrogen-bond donors (Lipinski definition) is 1. The van der Waals surface area contributed by atoms with Crippen LogP contribution < -0.4 is 5.73 Å². The molecule has 0 saturated carbocycles. The SMILES string of the molecule is CC(C)(C)c1ccc(C(N)CC2Cc3ccccc32)cc1. The molecule has 0 amide bonds. The van der Waals surface area contributed by atoms with Crippen LogP contribution in [-0.2, 0) is 11.8 Å². The second-order valence-electron chi connectivity index (χ2n) is 7.31. The predicted molar refractivity (Wildman–Crippen MR) is 89.6 cm³/mol. The molecule has 0 radical (unpaired) electrons. The van der Waals surface area contributed by atoms with Crippen LogP contribution in [0, 0.1) is 0 Å². The molecule has 2 atom stereocenters. The van der Waals surface area contributed by atoms with Crippen LogP contribution in [-0.4, -0.2) is 0 Å². The Balaban J connectivity index is 1.68. The molecule has 0 heterocycles. The molecule has 2 aromatic carbocycles. The second-order valence-corrected chi connectivity index (χ2v) is 7.31. The highest BCUT2D eigenvalue weighted by molar-refractivity contribution is 5.40. The quantitative estimate of drug-likeness (QED) is 0.865. The van der Waals surface area contributed by atoms with E-state index in [4.69, 9.17) is 5.73 Å². The van der Waals surface area contributed by atoms with Crippen LogP contribution in [0.15, 0.2) is 48.5 Å². The third kappa shape index (κ3) is 2.89. The summed E-state index contributed by atoms with van der Waals surface area (Å²) in [6, 6.07) is 17.7. The van der Waals surface area contributed by atoms with Crippen molar-refractivity contribution in [2.24, 2.45) is 5.73 Å². The van der Waals surface area contributed by atoms with Gasteiger partial charge < -0.3 is 5.73 Å². The van der Waals surface area contributed by atoms with Crippen molar-refractivity contribution in [1.82, 2.24) is 0 Å². The van der Waals surface area contributed by atoms with Crippen molar-refractivity contribution in [1.29, 1.82) is 0 Å². The Kier molecular flexibility index (Phi) is 3.62. The number of fused-ring (bicyclic) bond motifs is 1. The molecule has 0 aromatic heterocycles. The van der Waals surface area contributed by atoms with Gasteiger partial charge in [-0.25, -0.2) is 0 Å². The van der Waals surface area contributed by atoms with Gasteiger partial charge in [0.2, 0.25) is 0 Å². The highest BCUT2D eigenvalue weighted by Gasteiger charge is 2.27. The van der Waals surface area contributed by atoms with Crippen LogP contribution in [0.3, 0.4) is 0 Å². The molecular weight excluding hydrogens is 254 g/mol. The van der Waals surface area contributed by atoms with E-state index in [2.05, 4.69) is 69.3 Å². The number of rotatable bonds is 3. The number of benzene rings is 2. The Morgan fingerprint density at radius 1 is 1.05 bits per heavy atom. The molecule has 2 aromatic rings. The molecule has 110 valence electrons. The largest absolute Gasteiger partial charge is 0.324 e. The van der Waals surface area contributed by atoms with Gasteiger partial charge in [-0.05, 0) is 46.4 Å². The summed E-state index contributed by atoms with van der Waals surface area (Å²) in [6.45, 7) is 6.73. The highest BCUT2D eigenvalue weighted by atomic mass is 14.6. The fraction of sp³-hybridized carbons (Fsp3) is 0.400. The lowest BCUT2D eigenvalue weighted by Gasteiger charge is -2.32. The minimum atomic E-state index is 0.136. The molecule has 1 heteroatoms. The van der Waals surface area contributed by atoms with Crippen LogP contribution in [0.25, 0.3) is 0 Å². The number of nitrogens with two attached hydrogens (primary N) is 1. The zero-order valence-electron chi connectivity index (χ0n) is 13.3. The van der Waals surface area contributed by atoms with Gasteiger partial charge in [0.25, 0.3) is 0 Å². The van der Waals surface area contributed by atoms with Gasteiger partial charge in [-0.3, -0.25) is 0 Å². The minimum absolute atomic E-state index is 0.136. The molecule has 1 aliphatic carbocycles. The summed E-state index contributed by atoms with van der Waals surface area (Å²) in [5.74, 6) is 0.637. The smallest absolute Gasteiger partial charge is 0.0300 e. The number of hydrogen-bond acceptors (Lipinski definition) is 1. The molecule has 0 fully saturated rings.